The number of hydrogen-bond acceptors (Lipinski definition) is 4. The minimum Gasteiger partial charge on any atom is -0.484 e. The maximum atomic E-state index is 11.6. The van der Waals surface area contributed by atoms with Gasteiger partial charge in [-0.2, -0.15) is 10.4 Å². The molecule has 0 bridgehead atoms. The molecule has 0 aromatic heterocycles. The second kappa shape index (κ2) is 8.05. The van der Waals surface area contributed by atoms with E-state index in [1.807, 2.05) is 12.3 Å². The SMILES string of the molecule is N#Cc1ccc(OCC(=O)NN=CC2CCCCC2)cc1. The van der Waals surface area contributed by atoms with Crippen LogP contribution in [-0.4, -0.2) is 18.7 Å². The standard InChI is InChI=1S/C16H19N3O2/c17-10-13-6-8-15(9-7-13)21-12-16(20)19-18-11-14-4-2-1-3-5-14/h6-9,11,14H,1-5,12H2,(H,19,20). The van der Waals surface area contributed by atoms with Gasteiger partial charge in [0.15, 0.2) is 6.61 Å². The zero-order valence-electron chi connectivity index (χ0n) is 11.9. The summed E-state index contributed by atoms with van der Waals surface area (Å²) >= 11 is 0. The lowest BCUT2D eigenvalue weighted by molar-refractivity contribution is -0.123. The molecular weight excluding hydrogens is 266 g/mol. The van der Waals surface area contributed by atoms with Crippen molar-refractivity contribution in [3.63, 3.8) is 0 Å². The van der Waals surface area contributed by atoms with Gasteiger partial charge < -0.3 is 4.74 Å². The fourth-order valence-corrected chi connectivity index (χ4v) is 2.30. The molecule has 0 spiro atoms. The Balaban J connectivity index is 1.69. The fraction of sp³-hybridized carbons (Fsp3) is 0.438. The molecule has 2 rings (SSSR count). The molecular formula is C16H19N3O2. The first kappa shape index (κ1) is 15.0. The lowest BCUT2D eigenvalue weighted by Gasteiger charge is -2.16. The van der Waals surface area contributed by atoms with Crippen LogP contribution in [0.25, 0.3) is 0 Å². The van der Waals surface area contributed by atoms with Gasteiger partial charge >= 0.3 is 0 Å². The minimum absolute atomic E-state index is 0.0894. The summed E-state index contributed by atoms with van der Waals surface area (Å²) in [5.74, 6) is 0.755. The van der Waals surface area contributed by atoms with E-state index < -0.39 is 0 Å². The minimum atomic E-state index is -0.286. The van der Waals surface area contributed by atoms with Gasteiger partial charge in [-0.05, 0) is 43.0 Å². The Morgan fingerprint density at radius 3 is 2.71 bits per heavy atom. The Bertz CT molecular complexity index is 525. The predicted molar refractivity (Wildman–Crippen MR) is 79.9 cm³/mol. The Labute approximate surface area is 124 Å². The van der Waals surface area contributed by atoms with Crippen molar-refractivity contribution < 1.29 is 9.53 Å². The van der Waals surface area contributed by atoms with Gasteiger partial charge in [0.2, 0.25) is 0 Å². The van der Waals surface area contributed by atoms with E-state index in [0.29, 0.717) is 17.2 Å². The van der Waals surface area contributed by atoms with Crippen LogP contribution in [0.15, 0.2) is 29.4 Å². The smallest absolute Gasteiger partial charge is 0.277 e. The van der Waals surface area contributed by atoms with Gasteiger partial charge in [0, 0.05) is 6.21 Å². The molecule has 1 aliphatic rings. The van der Waals surface area contributed by atoms with Gasteiger partial charge in [-0.25, -0.2) is 5.43 Å². The molecule has 1 amide bonds. The van der Waals surface area contributed by atoms with Crippen LogP contribution in [0, 0.1) is 17.2 Å². The molecule has 1 fully saturated rings. The monoisotopic (exact) mass is 285 g/mol. The third-order valence-electron chi connectivity index (χ3n) is 3.48. The highest BCUT2D eigenvalue weighted by Gasteiger charge is 2.10. The normalized spacial score (nSPS) is 15.6. The van der Waals surface area contributed by atoms with Crippen molar-refractivity contribution in [2.24, 2.45) is 11.0 Å². The van der Waals surface area contributed by atoms with Crippen molar-refractivity contribution in [3.8, 4) is 11.8 Å². The Kier molecular flexibility index (Phi) is 5.77. The predicted octanol–water partition coefficient (Wildman–Crippen LogP) is 2.62. The molecule has 1 N–H and O–H groups in total. The van der Waals surface area contributed by atoms with Crippen LogP contribution in [0.5, 0.6) is 5.75 Å². The molecule has 1 aromatic rings. The Morgan fingerprint density at radius 1 is 1.33 bits per heavy atom. The molecule has 0 aliphatic heterocycles. The number of nitrogens with one attached hydrogen (secondary N) is 1. The summed E-state index contributed by atoms with van der Waals surface area (Å²) in [6.45, 7) is -0.0894. The van der Waals surface area contributed by atoms with Gasteiger partial charge in [-0.15, -0.1) is 0 Å². The van der Waals surface area contributed by atoms with E-state index in [1.165, 1.54) is 19.3 Å². The number of benzene rings is 1. The molecule has 5 nitrogen and oxygen atoms in total. The van der Waals surface area contributed by atoms with Crippen LogP contribution in [0.3, 0.4) is 0 Å². The number of ether oxygens (including phenoxy) is 1. The summed E-state index contributed by atoms with van der Waals surface area (Å²) < 4.78 is 5.31. The van der Waals surface area contributed by atoms with Crippen LogP contribution >= 0.6 is 0 Å². The van der Waals surface area contributed by atoms with Crippen molar-refractivity contribution in [1.29, 1.82) is 5.26 Å². The van der Waals surface area contributed by atoms with Crippen LogP contribution in [0.1, 0.15) is 37.7 Å². The van der Waals surface area contributed by atoms with E-state index in [2.05, 4.69) is 10.5 Å². The maximum absolute atomic E-state index is 11.6. The molecule has 0 radical (unpaired) electrons. The Morgan fingerprint density at radius 2 is 2.05 bits per heavy atom. The first-order valence-electron chi connectivity index (χ1n) is 7.23. The Hall–Kier alpha value is -2.35. The van der Waals surface area contributed by atoms with E-state index >= 15 is 0 Å². The van der Waals surface area contributed by atoms with Gasteiger partial charge in [0.1, 0.15) is 5.75 Å². The number of rotatable bonds is 5. The molecule has 110 valence electrons. The summed E-state index contributed by atoms with van der Waals surface area (Å²) in [7, 11) is 0. The average Bonchev–Trinajstić information content (AvgIpc) is 2.54. The molecule has 5 heteroatoms. The maximum Gasteiger partial charge on any atom is 0.277 e. The number of hydrazone groups is 1. The van der Waals surface area contributed by atoms with Crippen molar-refractivity contribution >= 4 is 12.1 Å². The number of amides is 1. The number of carbonyl (C=O) groups excluding carboxylic acids is 1. The van der Waals surface area contributed by atoms with Crippen molar-refractivity contribution in [2.45, 2.75) is 32.1 Å². The van der Waals surface area contributed by atoms with Crippen LogP contribution < -0.4 is 10.2 Å². The summed E-state index contributed by atoms with van der Waals surface area (Å²) in [4.78, 5) is 11.6. The first-order chi connectivity index (χ1) is 10.3. The molecule has 0 atom stereocenters. The highest BCUT2D eigenvalue weighted by Crippen LogP contribution is 2.21. The molecule has 1 saturated carbocycles. The largest absolute Gasteiger partial charge is 0.484 e. The number of hydrogen-bond donors (Lipinski definition) is 1. The molecule has 0 saturated heterocycles. The molecule has 1 aliphatic carbocycles. The summed E-state index contributed by atoms with van der Waals surface area (Å²) in [5.41, 5.74) is 3.04. The van der Waals surface area contributed by atoms with Crippen LogP contribution in [-0.2, 0) is 4.79 Å². The second-order valence-electron chi connectivity index (χ2n) is 5.14. The van der Waals surface area contributed by atoms with E-state index in [4.69, 9.17) is 10.00 Å². The topological polar surface area (TPSA) is 74.5 Å². The summed E-state index contributed by atoms with van der Waals surface area (Å²) in [6.07, 6.45) is 7.93. The number of nitriles is 1. The van der Waals surface area contributed by atoms with Gasteiger partial charge in [0.25, 0.3) is 5.91 Å². The van der Waals surface area contributed by atoms with Crippen molar-refractivity contribution in [3.05, 3.63) is 29.8 Å². The van der Waals surface area contributed by atoms with Crippen LogP contribution in [0.4, 0.5) is 0 Å². The zero-order valence-corrected chi connectivity index (χ0v) is 11.9. The first-order valence-corrected chi connectivity index (χ1v) is 7.23. The molecule has 21 heavy (non-hydrogen) atoms. The molecule has 1 aromatic carbocycles. The van der Waals surface area contributed by atoms with Gasteiger partial charge in [-0.1, -0.05) is 19.3 Å². The fourth-order valence-electron chi connectivity index (χ4n) is 2.30. The summed E-state index contributed by atoms with van der Waals surface area (Å²) in [5, 5.41) is 12.7. The van der Waals surface area contributed by atoms with Crippen molar-refractivity contribution in [1.82, 2.24) is 5.43 Å². The third-order valence-corrected chi connectivity index (χ3v) is 3.48. The van der Waals surface area contributed by atoms with E-state index in [9.17, 15) is 4.79 Å². The van der Waals surface area contributed by atoms with E-state index in [-0.39, 0.29) is 12.5 Å². The quantitative estimate of drug-likeness (QED) is 0.667. The molecule has 0 heterocycles. The second-order valence-corrected chi connectivity index (χ2v) is 5.14. The zero-order chi connectivity index (χ0) is 14.9. The van der Waals surface area contributed by atoms with Gasteiger partial charge in [0.05, 0.1) is 11.6 Å². The summed E-state index contributed by atoms with van der Waals surface area (Å²) in [6, 6.07) is 8.65. The highest BCUT2D eigenvalue weighted by molar-refractivity contribution is 5.78. The van der Waals surface area contributed by atoms with Crippen LogP contribution in [0.2, 0.25) is 0 Å². The highest BCUT2D eigenvalue weighted by atomic mass is 16.5. The van der Waals surface area contributed by atoms with E-state index in [0.717, 1.165) is 12.8 Å². The average molecular weight is 285 g/mol. The molecule has 0 unspecified atom stereocenters. The lowest BCUT2D eigenvalue weighted by Crippen LogP contribution is -2.25. The number of carbonyl (C=O) groups is 1. The van der Waals surface area contributed by atoms with Gasteiger partial charge in [-0.3, -0.25) is 4.79 Å². The lowest BCUT2D eigenvalue weighted by atomic mass is 9.90. The van der Waals surface area contributed by atoms with E-state index in [1.54, 1.807) is 24.3 Å². The number of nitrogens with zero attached hydrogens (tertiary/aromatic N) is 2. The third kappa shape index (κ3) is 5.27. The van der Waals surface area contributed by atoms with Crippen molar-refractivity contribution in [2.75, 3.05) is 6.61 Å².